The first-order valence-corrected chi connectivity index (χ1v) is 12.1. The summed E-state index contributed by atoms with van der Waals surface area (Å²) in [5.41, 5.74) is 8.91. The normalized spacial score (nSPS) is 27.4. The molecule has 3 heterocycles. The highest BCUT2D eigenvalue weighted by Crippen LogP contribution is 2.43. The van der Waals surface area contributed by atoms with Crippen molar-refractivity contribution in [3.05, 3.63) is 92.0 Å². The second kappa shape index (κ2) is 10.7. The maximum absolute atomic E-state index is 13.9. The summed E-state index contributed by atoms with van der Waals surface area (Å²) in [6, 6.07) is 12.7. The third-order valence-electron chi connectivity index (χ3n) is 6.37. The minimum absolute atomic E-state index is 0.0570. The number of aromatic nitrogens is 2. The minimum atomic E-state index is -4.71. The van der Waals surface area contributed by atoms with Gasteiger partial charge in [-0.2, -0.15) is 18.3 Å². The summed E-state index contributed by atoms with van der Waals surface area (Å²) < 4.78 is 66.7. The third kappa shape index (κ3) is 5.08. The van der Waals surface area contributed by atoms with E-state index in [0.717, 1.165) is 28.4 Å². The van der Waals surface area contributed by atoms with Crippen LogP contribution >= 0.6 is 23.2 Å². The average Bonchev–Trinajstić information content (AvgIpc) is 3.29. The summed E-state index contributed by atoms with van der Waals surface area (Å²) in [7, 11) is 1.37. The Morgan fingerprint density at radius 1 is 1.13 bits per heavy atom. The number of hydrogen-bond donors (Lipinski definition) is 0. The van der Waals surface area contributed by atoms with Gasteiger partial charge in [0.15, 0.2) is 11.4 Å². The molecule has 200 valence electrons. The molecule has 9 nitrogen and oxygen atoms in total. The lowest BCUT2D eigenvalue weighted by Gasteiger charge is -2.48. The molecule has 3 aromatic rings. The van der Waals surface area contributed by atoms with Crippen LogP contribution in [0.1, 0.15) is 29.2 Å². The molecule has 0 N–H and O–H groups in total. The molecule has 0 spiro atoms. The Balaban J connectivity index is 1.55. The van der Waals surface area contributed by atoms with Crippen molar-refractivity contribution >= 4 is 23.2 Å². The largest absolute Gasteiger partial charge is 0.418 e. The summed E-state index contributed by atoms with van der Waals surface area (Å²) in [6.07, 6.45) is -8.99. The van der Waals surface area contributed by atoms with Crippen LogP contribution in [-0.4, -0.2) is 47.9 Å². The molecule has 3 unspecified atom stereocenters. The Morgan fingerprint density at radius 3 is 2.58 bits per heavy atom. The summed E-state index contributed by atoms with van der Waals surface area (Å²) in [4.78, 5) is 2.97. The molecule has 0 saturated carbocycles. The zero-order valence-electron chi connectivity index (χ0n) is 19.6. The molecule has 2 aliphatic heterocycles. The summed E-state index contributed by atoms with van der Waals surface area (Å²) in [5.74, 6) is 0. The van der Waals surface area contributed by atoms with E-state index in [4.69, 9.17) is 42.1 Å². The van der Waals surface area contributed by atoms with E-state index < -0.39 is 48.5 Å². The van der Waals surface area contributed by atoms with E-state index in [2.05, 4.69) is 15.1 Å². The molecule has 2 fully saturated rings. The first-order chi connectivity index (χ1) is 18.2. The van der Waals surface area contributed by atoms with Crippen LogP contribution < -0.4 is 0 Å². The zero-order chi connectivity index (χ0) is 27.0. The molecule has 0 bridgehead atoms. The number of hydrogen-bond acceptors (Lipinski definition) is 6. The molecule has 38 heavy (non-hydrogen) atoms. The minimum Gasteiger partial charge on any atom is -0.378 e. The average molecular weight is 570 g/mol. The lowest BCUT2D eigenvalue weighted by Crippen LogP contribution is -2.59. The molecule has 0 radical (unpaired) electrons. The maximum Gasteiger partial charge on any atom is 0.418 e. The first-order valence-electron chi connectivity index (χ1n) is 11.4. The first kappa shape index (κ1) is 26.8. The fourth-order valence-electron chi connectivity index (χ4n) is 4.75. The van der Waals surface area contributed by atoms with Crippen LogP contribution in [0.2, 0.25) is 10.2 Å². The number of methoxy groups -OCH3 is 1. The van der Waals surface area contributed by atoms with Gasteiger partial charge in [0.05, 0.1) is 29.6 Å². The van der Waals surface area contributed by atoms with Crippen LogP contribution in [0.5, 0.6) is 0 Å². The number of azide groups is 1. The Morgan fingerprint density at radius 2 is 1.89 bits per heavy atom. The molecule has 0 amide bonds. The number of fused-ring (bicyclic) bond motifs is 1. The van der Waals surface area contributed by atoms with Gasteiger partial charge in [0.2, 0.25) is 0 Å². The van der Waals surface area contributed by atoms with Crippen LogP contribution in [0.25, 0.3) is 16.1 Å². The summed E-state index contributed by atoms with van der Waals surface area (Å²) in [5, 5.41) is 8.00. The van der Waals surface area contributed by atoms with Gasteiger partial charge in [-0.15, -0.1) is 0 Å². The topological polar surface area (TPSA) is 104 Å². The van der Waals surface area contributed by atoms with Gasteiger partial charge in [-0.25, -0.2) is 4.68 Å². The molecule has 6 atom stereocenters. The summed E-state index contributed by atoms with van der Waals surface area (Å²) >= 11 is 12.2. The standard InChI is InChI=1S/C24H20Cl2F3N5O4/c1-35-22-19(31-33-30)21-17(11-36-23(38-21)12-5-3-2-4-6-12)37-20(22)16-10-18(26)32-34(16)15-9-13(25)7-8-14(15)24(27,28)29/h2-10,17,19-23H,11H2,1H3/t17?,19-,20-,21-,22?,23?/m0/s1. The van der Waals surface area contributed by atoms with E-state index in [-0.39, 0.29) is 28.2 Å². The maximum atomic E-state index is 13.9. The number of alkyl halides is 3. The molecular formula is C24H20Cl2F3N5O4. The van der Waals surface area contributed by atoms with Crippen molar-refractivity contribution in [2.45, 2.75) is 42.9 Å². The van der Waals surface area contributed by atoms with Gasteiger partial charge in [0.1, 0.15) is 24.4 Å². The van der Waals surface area contributed by atoms with E-state index in [1.54, 1.807) is 0 Å². The van der Waals surface area contributed by atoms with Gasteiger partial charge >= 0.3 is 6.18 Å². The van der Waals surface area contributed by atoms with Crippen LogP contribution in [-0.2, 0) is 25.1 Å². The highest BCUT2D eigenvalue weighted by Gasteiger charge is 2.51. The second-order valence-corrected chi connectivity index (χ2v) is 9.45. The fraction of sp³-hybridized carbons (Fsp3) is 0.375. The van der Waals surface area contributed by atoms with Gasteiger partial charge in [-0.3, -0.25) is 0 Å². The van der Waals surface area contributed by atoms with Crippen molar-refractivity contribution in [1.82, 2.24) is 9.78 Å². The van der Waals surface area contributed by atoms with Gasteiger partial charge in [-0.1, -0.05) is 58.6 Å². The summed E-state index contributed by atoms with van der Waals surface area (Å²) in [6.45, 7) is 0.0570. The van der Waals surface area contributed by atoms with Gasteiger partial charge < -0.3 is 18.9 Å². The monoisotopic (exact) mass is 569 g/mol. The molecular weight excluding hydrogens is 550 g/mol. The van der Waals surface area contributed by atoms with E-state index in [0.29, 0.717) is 0 Å². The molecule has 1 aromatic heterocycles. The predicted octanol–water partition coefficient (Wildman–Crippen LogP) is 6.45. The third-order valence-corrected chi connectivity index (χ3v) is 6.79. The highest BCUT2D eigenvalue weighted by molar-refractivity contribution is 6.30. The predicted molar refractivity (Wildman–Crippen MR) is 130 cm³/mol. The molecule has 2 aromatic carbocycles. The number of ether oxygens (including phenoxy) is 4. The fourth-order valence-corrected chi connectivity index (χ4v) is 5.11. The lowest BCUT2D eigenvalue weighted by molar-refractivity contribution is -0.310. The van der Waals surface area contributed by atoms with Gasteiger partial charge in [0, 0.05) is 28.7 Å². The van der Waals surface area contributed by atoms with Crippen molar-refractivity contribution in [3.63, 3.8) is 0 Å². The smallest absolute Gasteiger partial charge is 0.378 e. The highest BCUT2D eigenvalue weighted by atomic mass is 35.5. The molecule has 5 rings (SSSR count). The van der Waals surface area contributed by atoms with Crippen LogP contribution in [0.15, 0.2) is 59.7 Å². The van der Waals surface area contributed by atoms with Crippen LogP contribution in [0.3, 0.4) is 0 Å². The van der Waals surface area contributed by atoms with Crippen molar-refractivity contribution in [3.8, 4) is 5.69 Å². The van der Waals surface area contributed by atoms with Crippen molar-refractivity contribution in [2.75, 3.05) is 13.7 Å². The Hall–Kier alpha value is -2.83. The van der Waals surface area contributed by atoms with Gasteiger partial charge in [-0.05, 0) is 23.7 Å². The van der Waals surface area contributed by atoms with Crippen molar-refractivity contribution in [1.29, 1.82) is 0 Å². The Labute approximate surface area is 224 Å². The molecule has 2 aliphatic rings. The van der Waals surface area contributed by atoms with E-state index >= 15 is 0 Å². The number of benzene rings is 2. The number of halogens is 5. The number of nitrogens with zero attached hydrogens (tertiary/aromatic N) is 5. The Kier molecular flexibility index (Phi) is 7.56. The number of rotatable bonds is 5. The molecule has 2 saturated heterocycles. The van der Waals surface area contributed by atoms with Crippen molar-refractivity contribution in [2.24, 2.45) is 5.11 Å². The lowest BCUT2D eigenvalue weighted by atomic mass is 9.90. The zero-order valence-corrected chi connectivity index (χ0v) is 21.1. The van der Waals surface area contributed by atoms with E-state index in [9.17, 15) is 18.7 Å². The van der Waals surface area contributed by atoms with Gasteiger partial charge in [0.25, 0.3) is 0 Å². The van der Waals surface area contributed by atoms with Crippen molar-refractivity contribution < 1.29 is 32.1 Å². The second-order valence-electron chi connectivity index (χ2n) is 8.63. The van der Waals surface area contributed by atoms with Crippen LogP contribution in [0, 0.1) is 0 Å². The molecule has 0 aliphatic carbocycles. The van der Waals surface area contributed by atoms with Crippen LogP contribution in [0.4, 0.5) is 13.2 Å². The van der Waals surface area contributed by atoms with E-state index in [1.807, 2.05) is 30.3 Å². The van der Waals surface area contributed by atoms with E-state index in [1.165, 1.54) is 13.2 Å². The molecule has 14 heteroatoms. The Bertz CT molecular complexity index is 1350. The SMILES string of the molecule is COC1[C@@H](N=[N+]=[N-])[C@H]2OC(c3ccccc3)OCC2O[C@H]1c1cc(Cl)nn1-c1cc(Cl)ccc1C(F)(F)F. The quantitative estimate of drug-likeness (QED) is 0.199.